The lowest BCUT2D eigenvalue weighted by Gasteiger charge is -2.17. The first-order valence-electron chi connectivity index (χ1n) is 2.76. The molecule has 0 aromatic heterocycles. The molecule has 0 heterocycles. The van der Waals surface area contributed by atoms with Crippen LogP contribution in [-0.2, 0) is 0 Å². The van der Waals surface area contributed by atoms with Crippen LogP contribution in [0.25, 0.3) is 0 Å². The zero-order chi connectivity index (χ0) is 7.44. The average Bonchev–Trinajstić information content (AvgIpc) is 1.84. The van der Waals surface area contributed by atoms with Crippen LogP contribution < -0.4 is 0 Å². The molecule has 0 spiro atoms. The van der Waals surface area contributed by atoms with E-state index in [1.165, 1.54) is 0 Å². The molecule has 3 N–H and O–H groups in total. The molecule has 3 nitrogen and oxygen atoms in total. The lowest BCUT2D eigenvalue weighted by Crippen LogP contribution is -2.35. The average molecular weight is 132 g/mol. The van der Waals surface area contributed by atoms with Gasteiger partial charge in [0.25, 0.3) is 0 Å². The first-order chi connectivity index (χ1) is 4.09. The molecule has 0 saturated heterocycles. The van der Waals surface area contributed by atoms with Gasteiger partial charge in [0.05, 0.1) is 12.2 Å². The fourth-order valence-corrected chi connectivity index (χ4v) is 0.427. The van der Waals surface area contributed by atoms with Crippen molar-refractivity contribution in [2.24, 2.45) is 0 Å². The van der Waals surface area contributed by atoms with Crippen molar-refractivity contribution < 1.29 is 15.3 Å². The van der Waals surface area contributed by atoms with Gasteiger partial charge in [-0.25, -0.2) is 0 Å². The fourth-order valence-electron chi connectivity index (χ4n) is 0.427. The van der Waals surface area contributed by atoms with Gasteiger partial charge in [-0.1, -0.05) is 6.92 Å². The number of hydrogen-bond acceptors (Lipinski definition) is 3. The van der Waals surface area contributed by atoms with Crippen LogP contribution in [0.4, 0.5) is 0 Å². The SMILES string of the molecule is [CH2]CC(O)C(O)C([CH2])O. The van der Waals surface area contributed by atoms with Gasteiger partial charge in [0.1, 0.15) is 6.10 Å². The van der Waals surface area contributed by atoms with Crippen LogP contribution in [-0.4, -0.2) is 33.6 Å². The maximum atomic E-state index is 8.79. The second-order valence-electron chi connectivity index (χ2n) is 1.91. The van der Waals surface area contributed by atoms with E-state index in [1.54, 1.807) is 0 Å². The van der Waals surface area contributed by atoms with E-state index in [0.29, 0.717) is 0 Å². The zero-order valence-corrected chi connectivity index (χ0v) is 5.20. The van der Waals surface area contributed by atoms with E-state index in [0.717, 1.165) is 0 Å². The highest BCUT2D eigenvalue weighted by molar-refractivity contribution is 4.76. The molecule has 3 heteroatoms. The Morgan fingerprint density at radius 1 is 1.22 bits per heavy atom. The van der Waals surface area contributed by atoms with Gasteiger partial charge >= 0.3 is 0 Å². The van der Waals surface area contributed by atoms with Crippen LogP contribution in [0.15, 0.2) is 0 Å². The summed E-state index contributed by atoms with van der Waals surface area (Å²) in [5, 5.41) is 26.2. The van der Waals surface area contributed by atoms with Gasteiger partial charge in [-0.05, 0) is 13.3 Å². The van der Waals surface area contributed by atoms with Crippen LogP contribution in [0.1, 0.15) is 6.42 Å². The molecule has 0 aromatic carbocycles. The Labute approximate surface area is 54.9 Å². The molecule has 0 bridgehead atoms. The second kappa shape index (κ2) is 3.82. The predicted octanol–water partition coefficient (Wildman–Crippen LogP) is -0.873. The Morgan fingerprint density at radius 3 is 1.78 bits per heavy atom. The summed E-state index contributed by atoms with van der Waals surface area (Å²) in [4.78, 5) is 0. The summed E-state index contributed by atoms with van der Waals surface area (Å²) in [5.41, 5.74) is 0. The minimum absolute atomic E-state index is 0.174. The van der Waals surface area contributed by atoms with Crippen LogP contribution in [0.5, 0.6) is 0 Å². The molecular weight excluding hydrogens is 120 g/mol. The summed E-state index contributed by atoms with van der Waals surface area (Å²) in [7, 11) is 0. The van der Waals surface area contributed by atoms with E-state index in [4.69, 9.17) is 15.3 Å². The second-order valence-corrected chi connectivity index (χ2v) is 1.91. The molecule has 0 aliphatic carbocycles. The van der Waals surface area contributed by atoms with E-state index >= 15 is 0 Å². The highest BCUT2D eigenvalue weighted by Gasteiger charge is 2.18. The molecule has 9 heavy (non-hydrogen) atoms. The minimum atomic E-state index is -1.18. The summed E-state index contributed by atoms with van der Waals surface area (Å²) in [5.74, 6) is 0. The van der Waals surface area contributed by atoms with Gasteiger partial charge < -0.3 is 15.3 Å². The lowest BCUT2D eigenvalue weighted by atomic mass is 10.1. The number of aliphatic hydroxyl groups is 3. The van der Waals surface area contributed by atoms with Crippen molar-refractivity contribution in [2.45, 2.75) is 24.7 Å². The molecule has 0 amide bonds. The van der Waals surface area contributed by atoms with E-state index in [1.807, 2.05) is 0 Å². The van der Waals surface area contributed by atoms with E-state index in [2.05, 4.69) is 13.8 Å². The summed E-state index contributed by atoms with van der Waals surface area (Å²) in [6.07, 6.45) is -3.12. The number of aliphatic hydroxyl groups excluding tert-OH is 3. The van der Waals surface area contributed by atoms with Crippen LogP contribution >= 0.6 is 0 Å². The van der Waals surface area contributed by atoms with Crippen molar-refractivity contribution in [1.82, 2.24) is 0 Å². The van der Waals surface area contributed by atoms with E-state index < -0.39 is 18.3 Å². The lowest BCUT2D eigenvalue weighted by molar-refractivity contribution is -0.0406. The Kier molecular flexibility index (Phi) is 3.77. The van der Waals surface area contributed by atoms with Gasteiger partial charge in [-0.15, -0.1) is 0 Å². The number of hydrogen-bond donors (Lipinski definition) is 3. The predicted molar refractivity (Wildman–Crippen MR) is 33.4 cm³/mol. The van der Waals surface area contributed by atoms with Crippen molar-refractivity contribution >= 4 is 0 Å². The third-order valence-electron chi connectivity index (χ3n) is 1.08. The summed E-state index contributed by atoms with van der Waals surface area (Å²) in [6, 6.07) is 0. The van der Waals surface area contributed by atoms with Crippen LogP contribution in [0.2, 0.25) is 0 Å². The highest BCUT2D eigenvalue weighted by Crippen LogP contribution is 2.01. The van der Waals surface area contributed by atoms with Crippen molar-refractivity contribution in [3.05, 3.63) is 13.8 Å². The largest absolute Gasteiger partial charge is 0.390 e. The van der Waals surface area contributed by atoms with Crippen molar-refractivity contribution in [2.75, 3.05) is 0 Å². The summed E-state index contributed by atoms with van der Waals surface area (Å²) < 4.78 is 0. The number of rotatable bonds is 3. The topological polar surface area (TPSA) is 60.7 Å². The first kappa shape index (κ1) is 8.88. The van der Waals surface area contributed by atoms with Crippen molar-refractivity contribution in [3.63, 3.8) is 0 Å². The third-order valence-corrected chi connectivity index (χ3v) is 1.08. The third kappa shape index (κ3) is 2.79. The molecule has 0 aliphatic heterocycles. The molecule has 2 radical (unpaired) electrons. The Morgan fingerprint density at radius 2 is 1.67 bits per heavy atom. The monoisotopic (exact) mass is 132 g/mol. The Bertz CT molecular complexity index is 72.7. The minimum Gasteiger partial charge on any atom is -0.390 e. The Hall–Kier alpha value is -0.120. The fraction of sp³-hybridized carbons (Fsp3) is 0.667. The van der Waals surface area contributed by atoms with Crippen LogP contribution in [0, 0.1) is 13.8 Å². The molecule has 0 saturated carbocycles. The van der Waals surface area contributed by atoms with Gasteiger partial charge in [0.2, 0.25) is 0 Å². The molecular formula is C6H12O3. The molecule has 0 aliphatic rings. The van der Waals surface area contributed by atoms with Crippen molar-refractivity contribution in [3.8, 4) is 0 Å². The maximum Gasteiger partial charge on any atom is 0.106 e. The maximum absolute atomic E-state index is 8.79. The summed E-state index contributed by atoms with van der Waals surface area (Å²) in [6.45, 7) is 6.47. The van der Waals surface area contributed by atoms with E-state index in [9.17, 15) is 0 Å². The zero-order valence-electron chi connectivity index (χ0n) is 5.20. The van der Waals surface area contributed by atoms with Gasteiger partial charge in [0, 0.05) is 0 Å². The van der Waals surface area contributed by atoms with Crippen LogP contribution in [0.3, 0.4) is 0 Å². The molecule has 0 rings (SSSR count). The smallest absolute Gasteiger partial charge is 0.106 e. The van der Waals surface area contributed by atoms with Gasteiger partial charge in [-0.2, -0.15) is 0 Å². The molecule has 3 atom stereocenters. The molecule has 54 valence electrons. The van der Waals surface area contributed by atoms with Crippen molar-refractivity contribution in [1.29, 1.82) is 0 Å². The Balaban J connectivity index is 3.58. The van der Waals surface area contributed by atoms with Gasteiger partial charge in [-0.3, -0.25) is 0 Å². The summed E-state index contributed by atoms with van der Waals surface area (Å²) >= 11 is 0. The quantitative estimate of drug-likeness (QED) is 0.467. The van der Waals surface area contributed by atoms with E-state index in [-0.39, 0.29) is 6.42 Å². The molecule has 3 unspecified atom stereocenters. The standard InChI is InChI=1S/C6H12O3/c1-3-5(8)6(9)4(2)7/h4-9H,1-3H2. The molecule has 0 aromatic rings. The van der Waals surface area contributed by atoms with Gasteiger partial charge in [0.15, 0.2) is 0 Å². The molecule has 0 fully saturated rings. The normalized spacial score (nSPS) is 21.0. The highest BCUT2D eigenvalue weighted by atomic mass is 16.4. The first-order valence-corrected chi connectivity index (χ1v) is 2.76.